The summed E-state index contributed by atoms with van der Waals surface area (Å²) in [7, 11) is 0. The van der Waals surface area contributed by atoms with Crippen molar-refractivity contribution in [3.8, 4) is 0 Å². The molecule has 0 amide bonds. The first-order valence-electron chi connectivity index (χ1n) is 8.59. The van der Waals surface area contributed by atoms with Crippen LogP contribution in [0.3, 0.4) is 0 Å². The van der Waals surface area contributed by atoms with Crippen molar-refractivity contribution in [1.82, 2.24) is 0 Å². The number of carbonyl (C=O) groups excluding carboxylic acids is 1. The summed E-state index contributed by atoms with van der Waals surface area (Å²) in [6.45, 7) is 6.13. The van der Waals surface area contributed by atoms with E-state index in [0.29, 0.717) is 18.3 Å². The molecule has 1 saturated carbocycles. The molecule has 0 heterocycles. The molecule has 1 aromatic rings. The van der Waals surface area contributed by atoms with E-state index in [0.717, 1.165) is 18.4 Å². The summed E-state index contributed by atoms with van der Waals surface area (Å²) < 4.78 is 5.67. The van der Waals surface area contributed by atoms with Crippen LogP contribution in [0, 0.1) is 11.8 Å². The highest BCUT2D eigenvalue weighted by atomic mass is 16.6. The zero-order valence-corrected chi connectivity index (χ0v) is 14.3. The molecule has 4 heteroatoms. The highest BCUT2D eigenvalue weighted by molar-refractivity contribution is 5.76. The van der Waals surface area contributed by atoms with Gasteiger partial charge in [-0.1, -0.05) is 51.1 Å². The van der Waals surface area contributed by atoms with Crippen LogP contribution in [-0.2, 0) is 9.53 Å². The maximum Gasteiger partial charge on any atom is 0.335 e. The molecular weight excluding hydrogens is 290 g/mol. The second kappa shape index (κ2) is 7.93. The molecule has 0 spiro atoms. The molecule has 128 valence electrons. The first-order valence-corrected chi connectivity index (χ1v) is 8.59. The van der Waals surface area contributed by atoms with E-state index in [-0.39, 0.29) is 18.1 Å². The van der Waals surface area contributed by atoms with Crippen molar-refractivity contribution in [1.29, 1.82) is 0 Å². The lowest BCUT2D eigenvalue weighted by molar-refractivity contribution is -0.166. The number of benzene rings is 1. The molecule has 0 aromatic heterocycles. The van der Waals surface area contributed by atoms with Gasteiger partial charge in [0.2, 0.25) is 0 Å². The minimum atomic E-state index is -1.15. The largest absolute Gasteiger partial charge is 0.460 e. The first-order chi connectivity index (χ1) is 10.9. The van der Waals surface area contributed by atoms with Gasteiger partial charge in [-0.25, -0.2) is 4.79 Å². The summed E-state index contributed by atoms with van der Waals surface area (Å²) in [5.74, 6) is -0.0773. The Bertz CT molecular complexity index is 503. The lowest BCUT2D eigenvalue weighted by Crippen LogP contribution is -2.43. The maximum atomic E-state index is 12.4. The number of aliphatic hydroxyl groups is 1. The van der Waals surface area contributed by atoms with Crippen LogP contribution in [0.15, 0.2) is 30.3 Å². The Morgan fingerprint density at radius 1 is 1.22 bits per heavy atom. The Kier molecular flexibility index (Phi) is 6.19. The predicted molar refractivity (Wildman–Crippen MR) is 90.9 cm³/mol. The monoisotopic (exact) mass is 319 g/mol. The fraction of sp³-hybridized carbons (Fsp3) is 0.632. The average Bonchev–Trinajstić information content (AvgIpc) is 2.54. The molecule has 3 N–H and O–H groups in total. The van der Waals surface area contributed by atoms with Gasteiger partial charge in [0.05, 0.1) is 0 Å². The second-order valence-corrected chi connectivity index (χ2v) is 7.10. The van der Waals surface area contributed by atoms with E-state index in [1.54, 1.807) is 0 Å². The number of esters is 1. The molecule has 2 rings (SSSR count). The predicted octanol–water partition coefficient (Wildman–Crippen LogP) is 2.85. The standard InChI is InChI=1S/C19H29NO3/c1-12(2)16-10-9-15(20)11-17(16)23-19(22)18(21)13(3)14-7-5-4-6-8-14/h4-8,12-13,15-18,21H,9-11,20H2,1-3H3/t13-,15-,16+,17-,18+/m0/s1. The number of hydrogen-bond donors (Lipinski definition) is 2. The lowest BCUT2D eigenvalue weighted by atomic mass is 9.77. The van der Waals surface area contributed by atoms with Crippen molar-refractivity contribution >= 4 is 5.97 Å². The van der Waals surface area contributed by atoms with E-state index in [2.05, 4.69) is 13.8 Å². The number of nitrogens with two attached hydrogens (primary N) is 1. The van der Waals surface area contributed by atoms with E-state index in [1.807, 2.05) is 37.3 Å². The molecule has 1 aliphatic carbocycles. The van der Waals surface area contributed by atoms with Crippen molar-refractivity contribution in [3.05, 3.63) is 35.9 Å². The topological polar surface area (TPSA) is 72.5 Å². The fourth-order valence-corrected chi connectivity index (χ4v) is 3.44. The van der Waals surface area contributed by atoms with Crippen LogP contribution in [0.4, 0.5) is 0 Å². The Labute approximate surface area is 139 Å². The molecular formula is C19H29NO3. The maximum absolute atomic E-state index is 12.4. The molecule has 5 atom stereocenters. The van der Waals surface area contributed by atoms with Gasteiger partial charge in [-0.05, 0) is 36.7 Å². The lowest BCUT2D eigenvalue weighted by Gasteiger charge is -2.37. The average molecular weight is 319 g/mol. The Balaban J connectivity index is 2.01. The van der Waals surface area contributed by atoms with Crippen LogP contribution >= 0.6 is 0 Å². The summed E-state index contributed by atoms with van der Waals surface area (Å²) in [5, 5.41) is 10.4. The third-order valence-electron chi connectivity index (χ3n) is 5.05. The van der Waals surface area contributed by atoms with E-state index in [1.165, 1.54) is 0 Å². The normalized spacial score (nSPS) is 27.5. The van der Waals surface area contributed by atoms with Crippen LogP contribution in [0.25, 0.3) is 0 Å². The highest BCUT2D eigenvalue weighted by Crippen LogP contribution is 2.32. The number of aliphatic hydroxyl groups excluding tert-OH is 1. The molecule has 0 saturated heterocycles. The summed E-state index contributed by atoms with van der Waals surface area (Å²) >= 11 is 0. The van der Waals surface area contributed by atoms with Crippen LogP contribution in [-0.4, -0.2) is 29.3 Å². The zero-order chi connectivity index (χ0) is 17.0. The summed E-state index contributed by atoms with van der Waals surface area (Å²) in [4.78, 5) is 12.4. The minimum absolute atomic E-state index is 0.0755. The van der Waals surface area contributed by atoms with Crippen molar-refractivity contribution < 1.29 is 14.6 Å². The summed E-state index contributed by atoms with van der Waals surface area (Å²) in [5.41, 5.74) is 6.96. The van der Waals surface area contributed by atoms with E-state index in [9.17, 15) is 9.90 Å². The van der Waals surface area contributed by atoms with E-state index in [4.69, 9.17) is 10.5 Å². The summed E-state index contributed by atoms with van der Waals surface area (Å²) in [6, 6.07) is 9.62. The van der Waals surface area contributed by atoms with Crippen molar-refractivity contribution in [2.24, 2.45) is 17.6 Å². The Hall–Kier alpha value is -1.39. The molecule has 0 radical (unpaired) electrons. The van der Waals surface area contributed by atoms with Crippen molar-refractivity contribution in [2.75, 3.05) is 0 Å². The minimum Gasteiger partial charge on any atom is -0.460 e. The van der Waals surface area contributed by atoms with Crippen LogP contribution in [0.5, 0.6) is 0 Å². The zero-order valence-electron chi connectivity index (χ0n) is 14.3. The van der Waals surface area contributed by atoms with Crippen molar-refractivity contribution in [3.63, 3.8) is 0 Å². The van der Waals surface area contributed by atoms with Gasteiger partial charge in [-0.15, -0.1) is 0 Å². The number of carbonyl (C=O) groups is 1. The van der Waals surface area contributed by atoms with Gasteiger partial charge in [0.1, 0.15) is 6.10 Å². The first kappa shape index (κ1) is 18.0. The molecule has 1 aromatic carbocycles. The summed E-state index contributed by atoms with van der Waals surface area (Å²) in [6.07, 6.45) is 1.29. The molecule has 23 heavy (non-hydrogen) atoms. The second-order valence-electron chi connectivity index (χ2n) is 7.10. The van der Waals surface area contributed by atoms with Crippen LogP contribution in [0.1, 0.15) is 51.5 Å². The van der Waals surface area contributed by atoms with Crippen LogP contribution < -0.4 is 5.73 Å². The van der Waals surface area contributed by atoms with E-state index < -0.39 is 12.1 Å². The Morgan fingerprint density at radius 2 is 1.87 bits per heavy atom. The van der Waals surface area contributed by atoms with Gasteiger partial charge in [0.15, 0.2) is 6.10 Å². The van der Waals surface area contributed by atoms with Gasteiger partial charge >= 0.3 is 5.97 Å². The van der Waals surface area contributed by atoms with Crippen molar-refractivity contribution in [2.45, 2.75) is 64.2 Å². The fourth-order valence-electron chi connectivity index (χ4n) is 3.44. The van der Waals surface area contributed by atoms with Gasteiger partial charge in [0.25, 0.3) is 0 Å². The molecule has 1 aliphatic rings. The number of hydrogen-bond acceptors (Lipinski definition) is 4. The third kappa shape index (κ3) is 4.55. The van der Waals surface area contributed by atoms with Gasteiger partial charge in [-0.3, -0.25) is 0 Å². The molecule has 4 nitrogen and oxygen atoms in total. The smallest absolute Gasteiger partial charge is 0.335 e. The molecule has 0 unspecified atom stereocenters. The van der Waals surface area contributed by atoms with Gasteiger partial charge < -0.3 is 15.6 Å². The molecule has 0 aliphatic heterocycles. The SMILES string of the molecule is CC(C)[C@H]1CC[C@H](N)C[C@@H]1OC(=O)[C@H](O)[C@@H](C)c1ccccc1. The van der Waals surface area contributed by atoms with E-state index >= 15 is 0 Å². The highest BCUT2D eigenvalue weighted by Gasteiger charge is 2.36. The number of rotatable bonds is 5. The molecule has 0 bridgehead atoms. The van der Waals surface area contributed by atoms with Gasteiger partial charge in [-0.2, -0.15) is 0 Å². The van der Waals surface area contributed by atoms with Gasteiger partial charge in [0, 0.05) is 12.0 Å². The molecule has 1 fully saturated rings. The Morgan fingerprint density at radius 3 is 2.48 bits per heavy atom. The van der Waals surface area contributed by atoms with Crippen LogP contribution in [0.2, 0.25) is 0 Å². The quantitative estimate of drug-likeness (QED) is 0.819. The third-order valence-corrected chi connectivity index (χ3v) is 5.05. The number of ether oxygens (including phenoxy) is 1.